The van der Waals surface area contributed by atoms with Crippen LogP contribution >= 0.6 is 11.3 Å². The third-order valence-corrected chi connectivity index (χ3v) is 4.79. The number of ether oxygens (including phenoxy) is 4. The summed E-state index contributed by atoms with van der Waals surface area (Å²) in [5.41, 5.74) is 0.366. The minimum atomic E-state index is -0.449. The molecule has 0 radical (unpaired) electrons. The number of benzene rings is 1. The molecule has 1 aromatic heterocycles. The normalized spacial score (nSPS) is 11.9. The Labute approximate surface area is 154 Å². The fourth-order valence-electron chi connectivity index (χ4n) is 2.35. The number of nitrogens with one attached hydrogen (secondary N) is 1. The number of carbonyl (C=O) groups is 2. The van der Waals surface area contributed by atoms with Crippen molar-refractivity contribution in [3.63, 3.8) is 0 Å². The van der Waals surface area contributed by atoms with E-state index in [1.165, 1.54) is 11.3 Å². The van der Waals surface area contributed by atoms with Crippen LogP contribution in [-0.2, 0) is 16.0 Å². The first-order valence-corrected chi connectivity index (χ1v) is 9.04. The van der Waals surface area contributed by atoms with Gasteiger partial charge in [0.05, 0.1) is 12.2 Å². The smallest absolute Gasteiger partial charge is 0.341 e. The predicted octanol–water partition coefficient (Wildman–Crippen LogP) is 3.23. The van der Waals surface area contributed by atoms with E-state index in [1.807, 2.05) is 6.92 Å². The molecule has 0 spiro atoms. The lowest BCUT2D eigenvalue weighted by molar-refractivity contribution is -0.118. The van der Waals surface area contributed by atoms with Crippen LogP contribution in [0.15, 0.2) is 24.3 Å². The Kier molecular flexibility index (Phi) is 5.62. The predicted molar refractivity (Wildman–Crippen MR) is 96.3 cm³/mol. The van der Waals surface area contributed by atoms with Gasteiger partial charge < -0.3 is 24.3 Å². The van der Waals surface area contributed by atoms with Gasteiger partial charge in [-0.15, -0.1) is 11.3 Å². The molecule has 1 amide bonds. The number of rotatable bonds is 7. The highest BCUT2D eigenvalue weighted by Crippen LogP contribution is 2.35. The zero-order valence-corrected chi connectivity index (χ0v) is 15.3. The van der Waals surface area contributed by atoms with Crippen LogP contribution in [0.4, 0.5) is 5.00 Å². The number of anilines is 1. The second-order valence-corrected chi connectivity index (χ2v) is 6.52. The summed E-state index contributed by atoms with van der Waals surface area (Å²) in [6.07, 6.45) is 0.765. The van der Waals surface area contributed by atoms with E-state index >= 15 is 0 Å². The zero-order chi connectivity index (χ0) is 18.5. The van der Waals surface area contributed by atoms with Crippen LogP contribution in [0.3, 0.4) is 0 Å². The Morgan fingerprint density at radius 1 is 1.19 bits per heavy atom. The molecule has 3 rings (SSSR count). The second kappa shape index (κ2) is 8.09. The number of hydrogen-bond acceptors (Lipinski definition) is 7. The molecule has 0 saturated heterocycles. The molecule has 2 aromatic rings. The molecule has 8 heteroatoms. The molecule has 1 aliphatic rings. The second-order valence-electron chi connectivity index (χ2n) is 5.38. The number of esters is 1. The zero-order valence-electron chi connectivity index (χ0n) is 14.5. The van der Waals surface area contributed by atoms with Gasteiger partial charge in [-0.25, -0.2) is 4.79 Å². The number of carbonyl (C=O) groups excluding carboxylic acids is 2. The maximum atomic E-state index is 12.2. The van der Waals surface area contributed by atoms with Crippen LogP contribution in [0.2, 0.25) is 0 Å². The molecule has 0 aliphatic carbocycles. The van der Waals surface area contributed by atoms with Crippen LogP contribution in [-0.4, -0.2) is 31.9 Å². The molecule has 1 aliphatic heterocycles. The Bertz CT molecular complexity index is 816. The highest BCUT2D eigenvalue weighted by Gasteiger charge is 2.19. The molecule has 0 saturated carbocycles. The average Bonchev–Trinajstić information content (AvgIpc) is 3.26. The van der Waals surface area contributed by atoms with Crippen LogP contribution < -0.4 is 19.5 Å². The SMILES string of the molecule is CCOC(=O)c1cc(CC)sc1NC(=O)COc1ccc2c(c1)OCO2. The van der Waals surface area contributed by atoms with Gasteiger partial charge in [-0.3, -0.25) is 4.79 Å². The summed E-state index contributed by atoms with van der Waals surface area (Å²) < 4.78 is 21.0. The minimum absolute atomic E-state index is 0.175. The first kappa shape index (κ1) is 18.1. The third kappa shape index (κ3) is 4.08. The lowest BCUT2D eigenvalue weighted by Gasteiger charge is -2.08. The van der Waals surface area contributed by atoms with Crippen LogP contribution in [0, 0.1) is 0 Å². The summed E-state index contributed by atoms with van der Waals surface area (Å²) in [4.78, 5) is 25.2. The van der Waals surface area contributed by atoms with Crippen molar-refractivity contribution in [1.29, 1.82) is 0 Å². The van der Waals surface area contributed by atoms with Crippen molar-refractivity contribution in [3.05, 3.63) is 34.7 Å². The average molecular weight is 377 g/mol. The number of hydrogen-bond donors (Lipinski definition) is 1. The van der Waals surface area contributed by atoms with E-state index in [2.05, 4.69) is 5.32 Å². The van der Waals surface area contributed by atoms with Crippen LogP contribution in [0.25, 0.3) is 0 Å². The molecular weight excluding hydrogens is 358 g/mol. The Hall–Kier alpha value is -2.74. The Morgan fingerprint density at radius 3 is 2.77 bits per heavy atom. The number of amides is 1. The molecule has 1 aromatic carbocycles. The van der Waals surface area contributed by atoms with Gasteiger partial charge in [-0.2, -0.15) is 0 Å². The highest BCUT2D eigenvalue weighted by atomic mass is 32.1. The molecule has 0 atom stereocenters. The summed E-state index contributed by atoms with van der Waals surface area (Å²) in [5, 5.41) is 3.20. The van der Waals surface area contributed by atoms with E-state index in [9.17, 15) is 9.59 Å². The van der Waals surface area contributed by atoms with Crippen molar-refractivity contribution in [2.45, 2.75) is 20.3 Å². The van der Waals surface area contributed by atoms with Crippen LogP contribution in [0.5, 0.6) is 17.2 Å². The van der Waals surface area contributed by atoms with E-state index in [0.29, 0.717) is 27.8 Å². The number of aryl methyl sites for hydroxylation is 1. The van der Waals surface area contributed by atoms with E-state index < -0.39 is 5.97 Å². The van der Waals surface area contributed by atoms with Crippen molar-refractivity contribution in [3.8, 4) is 17.2 Å². The van der Waals surface area contributed by atoms with Gasteiger partial charge in [0, 0.05) is 10.9 Å². The molecule has 2 heterocycles. The first-order chi connectivity index (χ1) is 12.6. The monoisotopic (exact) mass is 377 g/mol. The summed E-state index contributed by atoms with van der Waals surface area (Å²) in [6.45, 7) is 3.98. The summed E-state index contributed by atoms with van der Waals surface area (Å²) in [7, 11) is 0. The lowest BCUT2D eigenvalue weighted by atomic mass is 10.2. The molecule has 0 fully saturated rings. The van der Waals surface area contributed by atoms with Crippen molar-refractivity contribution >= 4 is 28.2 Å². The third-order valence-electron chi connectivity index (χ3n) is 3.59. The molecule has 0 bridgehead atoms. The van der Waals surface area contributed by atoms with Gasteiger partial charge in [0.25, 0.3) is 5.91 Å². The Morgan fingerprint density at radius 2 is 2.00 bits per heavy atom. The summed E-state index contributed by atoms with van der Waals surface area (Å²) in [5.74, 6) is 0.911. The minimum Gasteiger partial charge on any atom is -0.484 e. The largest absolute Gasteiger partial charge is 0.484 e. The van der Waals surface area contributed by atoms with Crippen molar-refractivity contribution in [2.24, 2.45) is 0 Å². The van der Waals surface area contributed by atoms with Crippen LogP contribution in [0.1, 0.15) is 29.1 Å². The van der Waals surface area contributed by atoms with E-state index in [1.54, 1.807) is 31.2 Å². The maximum absolute atomic E-state index is 12.2. The van der Waals surface area contributed by atoms with Gasteiger partial charge in [0.2, 0.25) is 6.79 Å². The van der Waals surface area contributed by atoms with Gasteiger partial charge in [0.15, 0.2) is 18.1 Å². The highest BCUT2D eigenvalue weighted by molar-refractivity contribution is 7.16. The molecular formula is C18H19NO6S. The lowest BCUT2D eigenvalue weighted by Crippen LogP contribution is -2.21. The quantitative estimate of drug-likeness (QED) is 0.746. The molecule has 26 heavy (non-hydrogen) atoms. The van der Waals surface area contributed by atoms with Gasteiger partial charge in [-0.05, 0) is 31.5 Å². The topological polar surface area (TPSA) is 83.1 Å². The molecule has 7 nitrogen and oxygen atoms in total. The molecule has 1 N–H and O–H groups in total. The maximum Gasteiger partial charge on any atom is 0.341 e. The van der Waals surface area contributed by atoms with Crippen molar-refractivity contribution in [2.75, 3.05) is 25.3 Å². The van der Waals surface area contributed by atoms with Gasteiger partial charge >= 0.3 is 5.97 Å². The summed E-state index contributed by atoms with van der Waals surface area (Å²) in [6, 6.07) is 6.84. The van der Waals surface area contributed by atoms with E-state index in [0.717, 1.165) is 11.3 Å². The van der Waals surface area contributed by atoms with E-state index in [-0.39, 0.29) is 25.9 Å². The van der Waals surface area contributed by atoms with Crippen molar-refractivity contribution < 1.29 is 28.5 Å². The number of fused-ring (bicyclic) bond motifs is 1. The molecule has 138 valence electrons. The number of thiophene rings is 1. The fourth-order valence-corrected chi connectivity index (χ4v) is 3.35. The van der Waals surface area contributed by atoms with E-state index in [4.69, 9.17) is 18.9 Å². The van der Waals surface area contributed by atoms with Gasteiger partial charge in [-0.1, -0.05) is 6.92 Å². The van der Waals surface area contributed by atoms with Gasteiger partial charge in [0.1, 0.15) is 10.8 Å². The fraction of sp³-hybridized carbons (Fsp3) is 0.333. The first-order valence-electron chi connectivity index (χ1n) is 8.22. The summed E-state index contributed by atoms with van der Waals surface area (Å²) >= 11 is 1.36. The standard InChI is InChI=1S/C18H19NO6S/c1-3-12-8-13(18(21)22-4-2)17(26-12)19-16(20)9-23-11-5-6-14-15(7-11)25-10-24-14/h5-8H,3-4,9-10H2,1-2H3,(H,19,20). The Balaban J connectivity index is 1.62. The van der Waals surface area contributed by atoms with Crippen molar-refractivity contribution in [1.82, 2.24) is 0 Å². The molecule has 0 unspecified atom stereocenters.